The van der Waals surface area contributed by atoms with Crippen LogP contribution < -0.4 is 5.32 Å². The molecule has 2 amide bonds. The van der Waals surface area contributed by atoms with Gasteiger partial charge in [0.15, 0.2) is 0 Å². The van der Waals surface area contributed by atoms with Crippen LogP contribution in [0.15, 0.2) is 36.4 Å². The van der Waals surface area contributed by atoms with Crippen LogP contribution in [-0.2, 0) is 15.8 Å². The third-order valence-corrected chi connectivity index (χ3v) is 5.04. The topological polar surface area (TPSA) is 86.7 Å². The zero-order valence-corrected chi connectivity index (χ0v) is 14.8. The van der Waals surface area contributed by atoms with Crippen LogP contribution in [0.5, 0.6) is 0 Å². The molecule has 2 N–H and O–H groups in total. The summed E-state index contributed by atoms with van der Waals surface area (Å²) < 4.78 is 38.6. The first-order chi connectivity index (χ1) is 13.2. The van der Waals surface area contributed by atoms with Gasteiger partial charge in [0, 0.05) is 11.6 Å². The second-order valence-electron chi connectivity index (χ2n) is 6.88. The number of halogens is 3. The summed E-state index contributed by atoms with van der Waals surface area (Å²) in [5.74, 6) is -2.45. The molecule has 28 heavy (non-hydrogen) atoms. The molecule has 0 aromatic heterocycles. The fraction of sp³-hybridized carbons (Fsp3) is 0.421. The van der Waals surface area contributed by atoms with E-state index < -0.39 is 41.6 Å². The summed E-state index contributed by atoms with van der Waals surface area (Å²) >= 11 is 0. The van der Waals surface area contributed by atoms with Crippen molar-refractivity contribution in [3.05, 3.63) is 47.5 Å². The first kappa shape index (κ1) is 19.9. The van der Waals surface area contributed by atoms with E-state index in [9.17, 15) is 32.7 Å². The number of nitrogens with one attached hydrogen (secondary N) is 1. The van der Waals surface area contributed by atoms with Crippen LogP contribution in [0.25, 0.3) is 0 Å². The zero-order chi connectivity index (χ0) is 20.5. The Morgan fingerprint density at radius 1 is 1.14 bits per heavy atom. The number of alkyl halides is 3. The molecule has 0 bridgehead atoms. The van der Waals surface area contributed by atoms with E-state index >= 15 is 0 Å². The molecule has 2 aliphatic heterocycles. The van der Waals surface area contributed by atoms with Crippen molar-refractivity contribution in [2.24, 2.45) is 0 Å². The molecule has 2 heterocycles. The van der Waals surface area contributed by atoms with Crippen molar-refractivity contribution in [2.75, 3.05) is 0 Å². The summed E-state index contributed by atoms with van der Waals surface area (Å²) in [5, 5.41) is 11.8. The number of hydrogen-bond acceptors (Lipinski definition) is 3. The summed E-state index contributed by atoms with van der Waals surface area (Å²) in [6.45, 7) is 0. The lowest BCUT2D eigenvalue weighted by Crippen LogP contribution is -2.54. The Kier molecular flexibility index (Phi) is 5.44. The van der Waals surface area contributed by atoms with Gasteiger partial charge in [0.25, 0.3) is 5.91 Å². The van der Waals surface area contributed by atoms with Crippen molar-refractivity contribution in [1.82, 2.24) is 10.2 Å². The van der Waals surface area contributed by atoms with E-state index in [1.807, 2.05) is 6.08 Å². The summed E-state index contributed by atoms with van der Waals surface area (Å²) in [6.07, 6.45) is 0.503. The van der Waals surface area contributed by atoms with Crippen molar-refractivity contribution in [3.63, 3.8) is 0 Å². The number of carboxylic acids is 1. The van der Waals surface area contributed by atoms with E-state index in [1.165, 1.54) is 11.0 Å². The van der Waals surface area contributed by atoms with Gasteiger partial charge in [-0.25, -0.2) is 4.79 Å². The molecule has 0 saturated carbocycles. The number of rotatable bonds is 3. The average molecular weight is 396 g/mol. The maximum Gasteiger partial charge on any atom is 0.416 e. The monoisotopic (exact) mass is 396 g/mol. The van der Waals surface area contributed by atoms with E-state index in [4.69, 9.17) is 0 Å². The van der Waals surface area contributed by atoms with Crippen LogP contribution >= 0.6 is 0 Å². The van der Waals surface area contributed by atoms with Crippen LogP contribution in [0.3, 0.4) is 0 Å². The van der Waals surface area contributed by atoms with Gasteiger partial charge in [-0.05, 0) is 43.9 Å². The number of carboxylic acid groups (broad SMARTS) is 1. The molecule has 9 heteroatoms. The van der Waals surface area contributed by atoms with E-state index in [1.54, 1.807) is 6.08 Å². The molecule has 6 nitrogen and oxygen atoms in total. The van der Waals surface area contributed by atoms with Crippen LogP contribution in [0.1, 0.15) is 41.6 Å². The quantitative estimate of drug-likeness (QED) is 0.769. The van der Waals surface area contributed by atoms with E-state index in [-0.39, 0.29) is 18.0 Å². The van der Waals surface area contributed by atoms with E-state index in [0.717, 1.165) is 18.2 Å². The van der Waals surface area contributed by atoms with Gasteiger partial charge in [0.1, 0.15) is 12.1 Å². The van der Waals surface area contributed by atoms with Crippen LogP contribution in [-0.4, -0.2) is 45.9 Å². The summed E-state index contributed by atoms with van der Waals surface area (Å²) in [5.41, 5.74) is -1.18. The molecular weight excluding hydrogens is 377 g/mol. The van der Waals surface area contributed by atoms with Crippen LogP contribution in [0.2, 0.25) is 0 Å². The van der Waals surface area contributed by atoms with Crippen molar-refractivity contribution < 1.29 is 32.7 Å². The number of hydrogen-bond donors (Lipinski definition) is 2. The maximum atomic E-state index is 12.9. The smallest absolute Gasteiger partial charge is 0.416 e. The van der Waals surface area contributed by atoms with Gasteiger partial charge in [0.2, 0.25) is 5.91 Å². The fourth-order valence-electron chi connectivity index (χ4n) is 3.66. The number of carbonyl (C=O) groups is 3. The molecule has 0 aliphatic carbocycles. The van der Waals surface area contributed by atoms with E-state index in [2.05, 4.69) is 5.32 Å². The summed E-state index contributed by atoms with van der Waals surface area (Å²) in [7, 11) is 0. The highest BCUT2D eigenvalue weighted by molar-refractivity contribution is 5.98. The van der Waals surface area contributed by atoms with Crippen LogP contribution in [0.4, 0.5) is 13.2 Å². The SMILES string of the molecule is O=C(N[C@H]1C/C=C\C[C@@H]2CC[C@@H](C(=O)O)N2C1=O)c1cccc(C(F)(F)F)c1. The molecule has 2 aliphatic rings. The second-order valence-corrected chi connectivity index (χ2v) is 6.88. The molecule has 1 saturated heterocycles. The maximum absolute atomic E-state index is 12.9. The van der Waals surface area contributed by atoms with Gasteiger partial charge in [-0.15, -0.1) is 0 Å². The Hall–Kier alpha value is -2.84. The number of aliphatic carboxylic acids is 1. The Morgan fingerprint density at radius 2 is 1.86 bits per heavy atom. The number of fused-ring (bicyclic) bond motifs is 1. The number of nitrogens with zero attached hydrogens (tertiary/aromatic N) is 1. The predicted octanol–water partition coefficient (Wildman–Crippen LogP) is 2.60. The summed E-state index contributed by atoms with van der Waals surface area (Å²) in [4.78, 5) is 38.1. The molecule has 1 aromatic rings. The Balaban J connectivity index is 1.81. The lowest BCUT2D eigenvalue weighted by Gasteiger charge is -2.32. The highest BCUT2D eigenvalue weighted by Crippen LogP contribution is 2.31. The lowest BCUT2D eigenvalue weighted by atomic mass is 10.0. The number of amides is 2. The van der Waals surface area contributed by atoms with Gasteiger partial charge < -0.3 is 15.3 Å². The van der Waals surface area contributed by atoms with Gasteiger partial charge in [-0.2, -0.15) is 13.2 Å². The standard InChI is InChI=1S/C19H19F3N2O4/c20-19(21,22)12-5-3-4-11(10-12)16(25)23-14-7-2-1-6-13-8-9-15(18(27)28)24(13)17(14)26/h1-5,10,13-15H,6-9H2,(H,23,25)(H,27,28)/b2-1-/t13-,14+,15+/m1/s1. The highest BCUT2D eigenvalue weighted by atomic mass is 19.4. The predicted molar refractivity (Wildman–Crippen MR) is 92.4 cm³/mol. The molecule has 3 rings (SSSR count). The first-order valence-electron chi connectivity index (χ1n) is 8.86. The molecule has 1 fully saturated rings. The number of carbonyl (C=O) groups excluding carboxylic acids is 2. The molecule has 0 radical (unpaired) electrons. The molecule has 150 valence electrons. The molecule has 3 atom stereocenters. The third kappa shape index (κ3) is 4.02. The van der Waals surface area contributed by atoms with Gasteiger partial charge >= 0.3 is 12.1 Å². The van der Waals surface area contributed by atoms with Crippen molar-refractivity contribution >= 4 is 17.8 Å². The van der Waals surface area contributed by atoms with Crippen molar-refractivity contribution in [1.29, 1.82) is 0 Å². The minimum atomic E-state index is -4.59. The van der Waals surface area contributed by atoms with Gasteiger partial charge in [0.05, 0.1) is 5.56 Å². The molecule has 0 unspecified atom stereocenters. The fourth-order valence-corrected chi connectivity index (χ4v) is 3.66. The Labute approximate surface area is 159 Å². The van der Waals surface area contributed by atoms with Crippen LogP contribution in [0, 0.1) is 0 Å². The van der Waals surface area contributed by atoms with Gasteiger partial charge in [-0.1, -0.05) is 18.2 Å². The molecule has 1 aromatic carbocycles. The third-order valence-electron chi connectivity index (χ3n) is 5.04. The summed E-state index contributed by atoms with van der Waals surface area (Å²) in [6, 6.07) is 1.65. The number of benzene rings is 1. The first-order valence-corrected chi connectivity index (χ1v) is 8.86. The van der Waals surface area contributed by atoms with Gasteiger partial charge in [-0.3, -0.25) is 9.59 Å². The zero-order valence-electron chi connectivity index (χ0n) is 14.8. The highest BCUT2D eigenvalue weighted by Gasteiger charge is 2.43. The average Bonchev–Trinajstić information content (AvgIpc) is 3.05. The van der Waals surface area contributed by atoms with Crippen molar-refractivity contribution in [3.8, 4) is 0 Å². The lowest BCUT2D eigenvalue weighted by molar-refractivity contribution is -0.150. The minimum absolute atomic E-state index is 0.138. The Bertz CT molecular complexity index is 822. The normalized spacial score (nSPS) is 26.2. The minimum Gasteiger partial charge on any atom is -0.480 e. The molecule has 0 spiro atoms. The second kappa shape index (κ2) is 7.65. The largest absolute Gasteiger partial charge is 0.480 e. The van der Waals surface area contributed by atoms with E-state index in [0.29, 0.717) is 19.3 Å². The van der Waals surface area contributed by atoms with Crippen molar-refractivity contribution in [2.45, 2.75) is 50.0 Å². The Morgan fingerprint density at radius 3 is 2.54 bits per heavy atom. The molecular formula is C19H19F3N2O4.